The summed E-state index contributed by atoms with van der Waals surface area (Å²) >= 11 is 0. The third-order valence-corrected chi connectivity index (χ3v) is 5.37. The molecule has 0 spiro atoms. The molecule has 0 aliphatic carbocycles. The van der Waals surface area contributed by atoms with Crippen LogP contribution in [0, 0.1) is 11.3 Å². The molecule has 7 nitrogen and oxygen atoms in total. The van der Waals surface area contributed by atoms with E-state index in [9.17, 15) is 4.79 Å². The first-order chi connectivity index (χ1) is 12.7. The fourth-order valence-electron chi connectivity index (χ4n) is 4.12. The number of amides is 1. The van der Waals surface area contributed by atoms with Gasteiger partial charge in [0.15, 0.2) is 0 Å². The number of anilines is 1. The molecule has 1 aromatic carbocycles. The van der Waals surface area contributed by atoms with Crippen molar-refractivity contribution >= 4 is 22.8 Å². The minimum absolute atomic E-state index is 0.0381. The third kappa shape index (κ3) is 2.15. The highest BCUT2D eigenvalue weighted by atomic mass is 16.2. The summed E-state index contributed by atoms with van der Waals surface area (Å²) in [6.07, 6.45) is 4.41. The van der Waals surface area contributed by atoms with Gasteiger partial charge in [0.25, 0.3) is 5.91 Å². The second kappa shape index (κ2) is 5.56. The zero-order valence-corrected chi connectivity index (χ0v) is 14.0. The number of fused-ring (bicyclic) bond motifs is 3. The molecule has 0 unspecified atom stereocenters. The van der Waals surface area contributed by atoms with E-state index in [-0.39, 0.29) is 18.0 Å². The number of carbonyl (C=O) groups is 1. The summed E-state index contributed by atoms with van der Waals surface area (Å²) in [5.41, 5.74) is 2.04. The van der Waals surface area contributed by atoms with Gasteiger partial charge >= 0.3 is 0 Å². The highest BCUT2D eigenvalue weighted by Crippen LogP contribution is 2.36. The standard InChI is InChI=1S/C19H16N6O/c20-8-12-1-3-13(4-2-12)19(26)25-10-14-7-15(25)9-24(14)18-16-5-6-21-17(16)22-11-23-18/h1-6,11,14-15H,7,9-10H2,(H,21,22,23)/t14-,15-/m0/s1. The molecule has 0 saturated carbocycles. The molecular formula is C19H16N6O. The first-order valence-electron chi connectivity index (χ1n) is 8.60. The van der Waals surface area contributed by atoms with Crippen molar-refractivity contribution in [2.45, 2.75) is 18.5 Å². The van der Waals surface area contributed by atoms with Gasteiger partial charge in [0.05, 0.1) is 29.1 Å². The van der Waals surface area contributed by atoms with Crippen molar-refractivity contribution in [3.63, 3.8) is 0 Å². The van der Waals surface area contributed by atoms with Gasteiger partial charge in [-0.05, 0) is 36.8 Å². The fraction of sp³-hybridized carbons (Fsp3) is 0.263. The van der Waals surface area contributed by atoms with E-state index in [2.05, 4.69) is 25.9 Å². The summed E-state index contributed by atoms with van der Waals surface area (Å²) in [6, 6.07) is 11.4. The van der Waals surface area contributed by atoms with Crippen LogP contribution in [0.2, 0.25) is 0 Å². The average molecular weight is 344 g/mol. The molecule has 2 atom stereocenters. The molecule has 7 heteroatoms. The first-order valence-corrected chi connectivity index (χ1v) is 8.60. The number of benzene rings is 1. The summed E-state index contributed by atoms with van der Waals surface area (Å²) in [5.74, 6) is 0.977. The fourth-order valence-corrected chi connectivity index (χ4v) is 4.12. The van der Waals surface area contributed by atoms with Crippen molar-refractivity contribution in [2.24, 2.45) is 0 Å². The van der Waals surface area contributed by atoms with E-state index in [0.29, 0.717) is 17.7 Å². The SMILES string of the molecule is N#Cc1ccc(C(=O)N2C[C@@H]3C[C@H]2CN3c2ncnc3[nH]ccc23)cc1. The number of hydrogen-bond donors (Lipinski definition) is 1. The molecule has 128 valence electrons. The molecule has 2 bridgehead atoms. The van der Waals surface area contributed by atoms with Gasteiger partial charge in [-0.1, -0.05) is 0 Å². The molecule has 3 aromatic rings. The summed E-state index contributed by atoms with van der Waals surface area (Å²) < 4.78 is 0. The summed E-state index contributed by atoms with van der Waals surface area (Å²) in [7, 11) is 0. The van der Waals surface area contributed by atoms with Gasteiger partial charge in [-0.3, -0.25) is 4.79 Å². The van der Waals surface area contributed by atoms with Crippen LogP contribution in [0.25, 0.3) is 11.0 Å². The zero-order chi connectivity index (χ0) is 17.7. The van der Waals surface area contributed by atoms with Gasteiger partial charge in [0.1, 0.15) is 17.8 Å². The molecule has 2 aliphatic heterocycles. The Kier molecular flexibility index (Phi) is 3.19. The molecule has 4 heterocycles. The topological polar surface area (TPSA) is 88.9 Å². The zero-order valence-electron chi connectivity index (χ0n) is 14.0. The summed E-state index contributed by atoms with van der Waals surface area (Å²) in [4.78, 5) is 29.0. The lowest BCUT2D eigenvalue weighted by atomic mass is 10.1. The lowest BCUT2D eigenvalue weighted by Crippen LogP contribution is -2.49. The van der Waals surface area contributed by atoms with E-state index >= 15 is 0 Å². The highest BCUT2D eigenvalue weighted by Gasteiger charge is 2.46. The molecule has 2 fully saturated rings. The number of piperazine rings is 1. The Bertz CT molecular complexity index is 1030. The Hall–Kier alpha value is -3.40. The monoisotopic (exact) mass is 344 g/mol. The lowest BCUT2D eigenvalue weighted by molar-refractivity contribution is 0.0725. The molecule has 26 heavy (non-hydrogen) atoms. The maximum absolute atomic E-state index is 12.8. The van der Waals surface area contributed by atoms with E-state index in [4.69, 9.17) is 5.26 Å². The molecule has 2 aliphatic rings. The van der Waals surface area contributed by atoms with Crippen LogP contribution in [0.5, 0.6) is 0 Å². The van der Waals surface area contributed by atoms with Crippen molar-refractivity contribution in [1.82, 2.24) is 19.9 Å². The maximum atomic E-state index is 12.8. The molecule has 2 saturated heterocycles. The third-order valence-electron chi connectivity index (χ3n) is 5.37. The Labute approximate surface area is 149 Å². The van der Waals surface area contributed by atoms with E-state index < -0.39 is 0 Å². The molecule has 1 N–H and O–H groups in total. The van der Waals surface area contributed by atoms with Crippen LogP contribution in [0.1, 0.15) is 22.3 Å². The van der Waals surface area contributed by atoms with E-state index in [1.54, 1.807) is 30.6 Å². The van der Waals surface area contributed by atoms with Crippen LogP contribution < -0.4 is 4.90 Å². The van der Waals surface area contributed by atoms with Crippen LogP contribution in [0.3, 0.4) is 0 Å². The maximum Gasteiger partial charge on any atom is 0.254 e. The predicted octanol–water partition coefficient (Wildman–Crippen LogP) is 1.93. The summed E-state index contributed by atoms with van der Waals surface area (Å²) in [6.45, 7) is 1.48. The van der Waals surface area contributed by atoms with Crippen molar-refractivity contribution < 1.29 is 4.79 Å². The van der Waals surface area contributed by atoms with Gasteiger partial charge in [-0.15, -0.1) is 0 Å². The van der Waals surface area contributed by atoms with Gasteiger partial charge in [-0.2, -0.15) is 5.26 Å². The summed E-state index contributed by atoms with van der Waals surface area (Å²) in [5, 5.41) is 9.92. The van der Waals surface area contributed by atoms with Gasteiger partial charge in [-0.25, -0.2) is 9.97 Å². The lowest BCUT2D eigenvalue weighted by Gasteiger charge is -2.35. The second-order valence-electron chi connectivity index (χ2n) is 6.78. The number of likely N-dealkylation sites (tertiary alicyclic amines) is 1. The number of nitrogens with zero attached hydrogens (tertiary/aromatic N) is 5. The number of nitriles is 1. The Balaban J connectivity index is 1.38. The minimum atomic E-state index is 0.0381. The quantitative estimate of drug-likeness (QED) is 0.767. The minimum Gasteiger partial charge on any atom is -0.349 e. The molecule has 2 aromatic heterocycles. The Morgan fingerprint density at radius 1 is 1.15 bits per heavy atom. The van der Waals surface area contributed by atoms with Crippen LogP contribution in [0.4, 0.5) is 5.82 Å². The van der Waals surface area contributed by atoms with E-state index in [1.165, 1.54) is 0 Å². The molecule has 5 rings (SSSR count). The van der Waals surface area contributed by atoms with Crippen LogP contribution in [0.15, 0.2) is 42.9 Å². The highest BCUT2D eigenvalue weighted by molar-refractivity contribution is 5.95. The number of aromatic nitrogens is 3. The average Bonchev–Trinajstić information content (AvgIpc) is 3.42. The number of rotatable bonds is 2. The largest absolute Gasteiger partial charge is 0.349 e. The van der Waals surface area contributed by atoms with Crippen molar-refractivity contribution in [3.05, 3.63) is 54.0 Å². The van der Waals surface area contributed by atoms with E-state index in [1.807, 2.05) is 17.2 Å². The van der Waals surface area contributed by atoms with Crippen molar-refractivity contribution in [1.29, 1.82) is 5.26 Å². The van der Waals surface area contributed by atoms with Crippen molar-refractivity contribution in [2.75, 3.05) is 18.0 Å². The number of H-pyrrole nitrogens is 1. The normalized spacial score (nSPS) is 21.3. The number of carbonyl (C=O) groups excluding carboxylic acids is 1. The second-order valence-corrected chi connectivity index (χ2v) is 6.78. The molecule has 1 amide bonds. The van der Waals surface area contributed by atoms with Gasteiger partial charge < -0.3 is 14.8 Å². The first kappa shape index (κ1) is 14.9. The van der Waals surface area contributed by atoms with Crippen LogP contribution >= 0.6 is 0 Å². The predicted molar refractivity (Wildman–Crippen MR) is 95.6 cm³/mol. The molecule has 0 radical (unpaired) electrons. The van der Waals surface area contributed by atoms with Crippen LogP contribution in [-0.2, 0) is 0 Å². The molecular weight excluding hydrogens is 328 g/mol. The Morgan fingerprint density at radius 2 is 2.00 bits per heavy atom. The van der Waals surface area contributed by atoms with Gasteiger partial charge in [0, 0.05) is 24.8 Å². The number of aromatic amines is 1. The van der Waals surface area contributed by atoms with Crippen molar-refractivity contribution in [3.8, 4) is 6.07 Å². The number of hydrogen-bond acceptors (Lipinski definition) is 5. The van der Waals surface area contributed by atoms with Crippen LogP contribution in [-0.4, -0.2) is 50.9 Å². The van der Waals surface area contributed by atoms with Gasteiger partial charge in [0.2, 0.25) is 0 Å². The van der Waals surface area contributed by atoms with E-state index in [0.717, 1.165) is 29.8 Å². The smallest absolute Gasteiger partial charge is 0.254 e. The number of nitrogens with one attached hydrogen (secondary N) is 1. The Morgan fingerprint density at radius 3 is 2.73 bits per heavy atom.